The molecule has 1 aromatic heterocycles. The van der Waals surface area contributed by atoms with Crippen LogP contribution >= 0.6 is 11.3 Å². The Balaban J connectivity index is 1.60. The minimum absolute atomic E-state index is 0.262. The van der Waals surface area contributed by atoms with Gasteiger partial charge in [0.2, 0.25) is 5.13 Å². The fourth-order valence-corrected chi connectivity index (χ4v) is 3.78. The first-order valence-electron chi connectivity index (χ1n) is 9.69. The van der Waals surface area contributed by atoms with Gasteiger partial charge in [-0.15, -0.1) is 0 Å². The molecular weight excluding hydrogens is 427 g/mol. The molecule has 6 nitrogen and oxygen atoms in total. The van der Waals surface area contributed by atoms with Crippen LogP contribution in [0.25, 0.3) is 11.3 Å². The van der Waals surface area contributed by atoms with Gasteiger partial charge in [0.05, 0.1) is 13.3 Å². The van der Waals surface area contributed by atoms with E-state index in [1.807, 2.05) is 30.3 Å². The average molecular weight is 447 g/mol. The van der Waals surface area contributed by atoms with Crippen molar-refractivity contribution < 1.29 is 13.9 Å². The van der Waals surface area contributed by atoms with Crippen molar-refractivity contribution >= 4 is 33.6 Å². The molecule has 2 N–H and O–H groups in total. The van der Waals surface area contributed by atoms with Gasteiger partial charge < -0.3 is 10.1 Å². The van der Waals surface area contributed by atoms with Crippen molar-refractivity contribution in [3.63, 3.8) is 0 Å². The fourth-order valence-electron chi connectivity index (χ4n) is 2.95. The molecule has 8 heteroatoms. The lowest BCUT2D eigenvalue weighted by atomic mass is 10.1. The Labute approximate surface area is 188 Å². The van der Waals surface area contributed by atoms with Crippen molar-refractivity contribution in [1.29, 1.82) is 0 Å². The number of carbonyl (C=O) groups is 1. The van der Waals surface area contributed by atoms with E-state index in [-0.39, 0.29) is 11.7 Å². The van der Waals surface area contributed by atoms with E-state index in [0.29, 0.717) is 32.7 Å². The summed E-state index contributed by atoms with van der Waals surface area (Å²) in [5, 5.41) is 8.14. The van der Waals surface area contributed by atoms with Crippen LogP contribution in [0.2, 0.25) is 0 Å². The molecule has 0 fully saturated rings. The molecule has 0 radical (unpaired) electrons. The number of hydrazone groups is 1. The number of amides is 1. The van der Waals surface area contributed by atoms with Crippen LogP contribution in [0, 0.1) is 5.82 Å². The van der Waals surface area contributed by atoms with Crippen LogP contribution in [0.4, 0.5) is 14.5 Å². The van der Waals surface area contributed by atoms with Crippen molar-refractivity contribution in [1.82, 2.24) is 4.98 Å². The van der Waals surface area contributed by atoms with Crippen LogP contribution in [0.15, 0.2) is 84.0 Å². The monoisotopic (exact) mass is 446 g/mol. The molecule has 3 aromatic carbocycles. The Hall–Kier alpha value is -4.04. The third-order valence-electron chi connectivity index (χ3n) is 4.51. The normalized spacial score (nSPS) is 10.8. The van der Waals surface area contributed by atoms with Gasteiger partial charge in [-0.05, 0) is 48.5 Å². The van der Waals surface area contributed by atoms with Crippen molar-refractivity contribution in [2.24, 2.45) is 5.10 Å². The van der Waals surface area contributed by atoms with Gasteiger partial charge in [0, 0.05) is 16.7 Å². The maximum atomic E-state index is 13.4. The highest BCUT2D eigenvalue weighted by Crippen LogP contribution is 2.36. The number of carbonyl (C=O) groups excluding carboxylic acids is 1. The molecule has 32 heavy (non-hydrogen) atoms. The second-order valence-corrected chi connectivity index (χ2v) is 7.63. The average Bonchev–Trinajstić information content (AvgIpc) is 3.22. The lowest BCUT2D eigenvalue weighted by molar-refractivity contribution is 0.102. The smallest absolute Gasteiger partial charge is 0.256 e. The summed E-state index contributed by atoms with van der Waals surface area (Å²) in [6.07, 6.45) is 1.63. The number of methoxy groups -OCH3 is 1. The summed E-state index contributed by atoms with van der Waals surface area (Å²) in [4.78, 5) is 17.2. The van der Waals surface area contributed by atoms with E-state index in [2.05, 4.69) is 20.8 Å². The molecule has 0 aliphatic heterocycles. The first kappa shape index (κ1) is 21.2. The van der Waals surface area contributed by atoms with Gasteiger partial charge in [-0.2, -0.15) is 5.10 Å². The molecule has 0 spiro atoms. The molecule has 0 saturated heterocycles. The summed E-state index contributed by atoms with van der Waals surface area (Å²) in [6.45, 7) is 0. The third kappa shape index (κ3) is 4.98. The van der Waals surface area contributed by atoms with Gasteiger partial charge in [-0.25, -0.2) is 9.37 Å². The molecule has 160 valence electrons. The Kier molecular flexibility index (Phi) is 6.52. The minimum atomic E-state index is -0.349. The van der Waals surface area contributed by atoms with Gasteiger partial charge in [0.1, 0.15) is 22.3 Å². The van der Waals surface area contributed by atoms with Crippen molar-refractivity contribution in [3.8, 4) is 17.0 Å². The number of hydrogen-bond acceptors (Lipinski definition) is 6. The summed E-state index contributed by atoms with van der Waals surface area (Å²) in [7, 11) is 1.59. The van der Waals surface area contributed by atoms with E-state index in [0.717, 1.165) is 5.56 Å². The second kappa shape index (κ2) is 9.84. The zero-order chi connectivity index (χ0) is 22.3. The number of nitrogens with one attached hydrogen (secondary N) is 2. The summed E-state index contributed by atoms with van der Waals surface area (Å²) in [6, 6.07) is 22.3. The summed E-state index contributed by atoms with van der Waals surface area (Å²) < 4.78 is 18.7. The van der Waals surface area contributed by atoms with Gasteiger partial charge in [0.25, 0.3) is 5.91 Å². The lowest BCUT2D eigenvalue weighted by Gasteiger charge is -2.05. The first-order valence-corrected chi connectivity index (χ1v) is 10.5. The number of rotatable bonds is 7. The summed E-state index contributed by atoms with van der Waals surface area (Å²) in [5.74, 6) is 0.0836. The summed E-state index contributed by atoms with van der Waals surface area (Å²) in [5.41, 5.74) is 5.42. The molecule has 0 aliphatic rings. The third-order valence-corrected chi connectivity index (χ3v) is 5.39. The highest BCUT2D eigenvalue weighted by Gasteiger charge is 2.16. The van der Waals surface area contributed by atoms with Crippen molar-refractivity contribution in [2.45, 2.75) is 0 Å². The summed E-state index contributed by atoms with van der Waals surface area (Å²) >= 11 is 1.23. The number of nitrogens with zero attached hydrogens (tertiary/aromatic N) is 2. The van der Waals surface area contributed by atoms with Crippen LogP contribution < -0.4 is 15.5 Å². The van der Waals surface area contributed by atoms with Crippen molar-refractivity contribution in [3.05, 3.63) is 95.8 Å². The van der Waals surface area contributed by atoms with E-state index in [9.17, 15) is 9.18 Å². The van der Waals surface area contributed by atoms with Crippen LogP contribution in [-0.4, -0.2) is 24.2 Å². The number of ether oxygens (including phenoxy) is 1. The van der Waals surface area contributed by atoms with Gasteiger partial charge >= 0.3 is 0 Å². The highest BCUT2D eigenvalue weighted by atomic mass is 32.1. The van der Waals surface area contributed by atoms with Gasteiger partial charge in [0.15, 0.2) is 0 Å². The minimum Gasteiger partial charge on any atom is -0.496 e. The van der Waals surface area contributed by atoms with E-state index in [1.165, 1.54) is 23.5 Å². The standard InChI is InChI=1S/C24H19FN4O2S/c1-31-20-10-6-5-9-18(20)15-26-29-24-27-21(16-11-13-19(25)14-12-16)23(32-24)28-22(30)17-7-3-2-4-8-17/h2-15H,1H3,(H,27,29)(H,28,30)/b26-15-. The molecule has 4 rings (SSSR count). The van der Waals surface area contributed by atoms with E-state index >= 15 is 0 Å². The van der Waals surface area contributed by atoms with Gasteiger partial charge in [-0.1, -0.05) is 41.7 Å². The molecule has 0 aliphatic carbocycles. The van der Waals surface area contributed by atoms with Gasteiger partial charge in [-0.3, -0.25) is 10.2 Å². The molecule has 0 bridgehead atoms. The second-order valence-electron chi connectivity index (χ2n) is 6.64. The number of anilines is 2. The Morgan fingerprint density at radius 1 is 1.03 bits per heavy atom. The van der Waals surface area contributed by atoms with Crippen LogP contribution in [-0.2, 0) is 0 Å². The van der Waals surface area contributed by atoms with E-state index in [1.54, 1.807) is 49.7 Å². The number of aromatic nitrogens is 1. The number of hydrogen-bond donors (Lipinski definition) is 2. The Morgan fingerprint density at radius 3 is 2.50 bits per heavy atom. The number of para-hydroxylation sites is 1. The molecule has 0 atom stereocenters. The molecule has 1 heterocycles. The quantitative estimate of drug-likeness (QED) is 0.284. The van der Waals surface area contributed by atoms with E-state index in [4.69, 9.17) is 4.74 Å². The molecule has 0 saturated carbocycles. The number of halogens is 1. The van der Waals surface area contributed by atoms with Crippen LogP contribution in [0.1, 0.15) is 15.9 Å². The predicted octanol–water partition coefficient (Wildman–Crippen LogP) is 5.66. The van der Waals surface area contributed by atoms with Crippen LogP contribution in [0.3, 0.4) is 0 Å². The highest BCUT2D eigenvalue weighted by molar-refractivity contribution is 7.20. The zero-order valence-corrected chi connectivity index (χ0v) is 17.9. The zero-order valence-electron chi connectivity index (χ0n) is 17.1. The SMILES string of the molecule is COc1ccccc1/C=N\Nc1nc(-c2ccc(F)cc2)c(NC(=O)c2ccccc2)s1. The van der Waals surface area contributed by atoms with E-state index < -0.39 is 0 Å². The maximum Gasteiger partial charge on any atom is 0.256 e. The number of benzene rings is 3. The Morgan fingerprint density at radius 2 is 1.75 bits per heavy atom. The largest absolute Gasteiger partial charge is 0.496 e. The van der Waals surface area contributed by atoms with Crippen LogP contribution in [0.5, 0.6) is 5.75 Å². The molecule has 4 aromatic rings. The molecule has 1 amide bonds. The fraction of sp³-hybridized carbons (Fsp3) is 0.0417. The lowest BCUT2D eigenvalue weighted by Crippen LogP contribution is -2.11. The number of thiazole rings is 1. The van der Waals surface area contributed by atoms with Crippen molar-refractivity contribution in [2.75, 3.05) is 17.9 Å². The maximum absolute atomic E-state index is 13.4. The Bertz CT molecular complexity index is 1240. The predicted molar refractivity (Wildman–Crippen MR) is 126 cm³/mol. The molecule has 0 unspecified atom stereocenters. The first-order chi connectivity index (χ1) is 15.6. The topological polar surface area (TPSA) is 75.6 Å². The molecular formula is C24H19FN4O2S.